The number of aromatic nitrogens is 1. The highest BCUT2D eigenvalue weighted by atomic mass is 15.0. The fourth-order valence-electron chi connectivity index (χ4n) is 1.01. The van der Waals surface area contributed by atoms with Crippen LogP contribution in [0.2, 0.25) is 0 Å². The molecule has 0 unspecified atom stereocenters. The predicted molar refractivity (Wildman–Crippen MR) is 56.7 cm³/mol. The van der Waals surface area contributed by atoms with Crippen LogP contribution in [0.5, 0.6) is 0 Å². The van der Waals surface area contributed by atoms with E-state index in [1.807, 2.05) is 19.1 Å². The van der Waals surface area contributed by atoms with Crippen LogP contribution in [0.15, 0.2) is 12.1 Å². The summed E-state index contributed by atoms with van der Waals surface area (Å²) in [6, 6.07) is 3.79. The number of nitrogens with one attached hydrogen (secondary N) is 1. The number of aryl methyl sites for hydroxylation is 1. The van der Waals surface area contributed by atoms with E-state index in [9.17, 15) is 0 Å². The zero-order chi connectivity index (χ0) is 9.84. The van der Waals surface area contributed by atoms with Gasteiger partial charge in [0.25, 0.3) is 0 Å². The lowest BCUT2D eigenvalue weighted by Crippen LogP contribution is -2.11. The number of pyridine rings is 1. The molecule has 0 radical (unpaired) electrons. The van der Waals surface area contributed by atoms with Gasteiger partial charge in [-0.05, 0) is 25.0 Å². The molecule has 1 aromatic rings. The topological polar surface area (TPSA) is 50.9 Å². The minimum absolute atomic E-state index is 0.599. The van der Waals surface area contributed by atoms with Crippen molar-refractivity contribution in [2.24, 2.45) is 5.92 Å². The fourth-order valence-corrected chi connectivity index (χ4v) is 1.01. The van der Waals surface area contributed by atoms with Crippen LogP contribution in [-0.4, -0.2) is 11.5 Å². The van der Waals surface area contributed by atoms with Crippen LogP contribution >= 0.6 is 0 Å². The van der Waals surface area contributed by atoms with Crippen LogP contribution in [0, 0.1) is 12.8 Å². The van der Waals surface area contributed by atoms with E-state index in [1.165, 1.54) is 0 Å². The van der Waals surface area contributed by atoms with Gasteiger partial charge in [-0.1, -0.05) is 13.8 Å². The summed E-state index contributed by atoms with van der Waals surface area (Å²) in [7, 11) is 0. The highest BCUT2D eigenvalue weighted by molar-refractivity contribution is 5.61. The lowest BCUT2D eigenvalue weighted by atomic mass is 10.2. The maximum absolute atomic E-state index is 5.75. The highest BCUT2D eigenvalue weighted by Gasteiger charge is 2.00. The molecule has 3 heteroatoms. The van der Waals surface area contributed by atoms with Gasteiger partial charge >= 0.3 is 0 Å². The average Bonchev–Trinajstić information content (AvgIpc) is 2.06. The van der Waals surface area contributed by atoms with E-state index in [0.29, 0.717) is 11.6 Å². The fraction of sp³-hybridized carbons (Fsp3) is 0.500. The van der Waals surface area contributed by atoms with Crippen LogP contribution in [0.1, 0.15) is 19.5 Å². The van der Waals surface area contributed by atoms with Gasteiger partial charge in [-0.25, -0.2) is 4.98 Å². The van der Waals surface area contributed by atoms with E-state index >= 15 is 0 Å². The Hall–Kier alpha value is -1.25. The molecule has 0 aliphatic carbocycles. The summed E-state index contributed by atoms with van der Waals surface area (Å²) >= 11 is 0. The Balaban J connectivity index is 2.70. The summed E-state index contributed by atoms with van der Waals surface area (Å²) in [5, 5.41) is 3.22. The quantitative estimate of drug-likeness (QED) is 0.746. The molecule has 0 atom stereocenters. The van der Waals surface area contributed by atoms with Gasteiger partial charge in [0, 0.05) is 12.2 Å². The van der Waals surface area contributed by atoms with E-state index < -0.39 is 0 Å². The maximum atomic E-state index is 5.75. The number of hydrogen-bond donors (Lipinski definition) is 2. The zero-order valence-corrected chi connectivity index (χ0v) is 8.46. The largest absolute Gasteiger partial charge is 0.396 e. The van der Waals surface area contributed by atoms with Crippen LogP contribution in [0.3, 0.4) is 0 Å². The van der Waals surface area contributed by atoms with Crippen molar-refractivity contribution in [2.75, 3.05) is 17.6 Å². The molecule has 1 aromatic heterocycles. The minimum atomic E-state index is 0.599. The van der Waals surface area contributed by atoms with Crippen molar-refractivity contribution in [3.63, 3.8) is 0 Å². The van der Waals surface area contributed by atoms with Crippen LogP contribution in [0.25, 0.3) is 0 Å². The van der Waals surface area contributed by atoms with Crippen molar-refractivity contribution in [1.29, 1.82) is 0 Å². The molecule has 1 rings (SSSR count). The first-order valence-corrected chi connectivity index (χ1v) is 4.56. The van der Waals surface area contributed by atoms with E-state index in [0.717, 1.165) is 18.1 Å². The molecule has 0 fully saturated rings. The van der Waals surface area contributed by atoms with Crippen molar-refractivity contribution in [3.8, 4) is 0 Å². The molecule has 0 bridgehead atoms. The van der Waals surface area contributed by atoms with Gasteiger partial charge in [0.05, 0.1) is 5.69 Å². The summed E-state index contributed by atoms with van der Waals surface area (Å²) in [6.07, 6.45) is 0. The van der Waals surface area contributed by atoms with Gasteiger partial charge in [-0.3, -0.25) is 0 Å². The Morgan fingerprint density at radius 2 is 2.15 bits per heavy atom. The Morgan fingerprint density at radius 1 is 1.46 bits per heavy atom. The van der Waals surface area contributed by atoms with Crippen molar-refractivity contribution >= 4 is 11.5 Å². The summed E-state index contributed by atoms with van der Waals surface area (Å²) in [5.41, 5.74) is 7.45. The van der Waals surface area contributed by atoms with E-state index in [1.54, 1.807) is 0 Å². The number of rotatable bonds is 3. The molecular weight excluding hydrogens is 162 g/mol. The lowest BCUT2D eigenvalue weighted by Gasteiger charge is -2.10. The van der Waals surface area contributed by atoms with Gasteiger partial charge < -0.3 is 11.1 Å². The molecule has 3 nitrogen and oxygen atoms in total. The molecule has 1 heterocycles. The highest BCUT2D eigenvalue weighted by Crippen LogP contribution is 2.15. The average molecular weight is 179 g/mol. The van der Waals surface area contributed by atoms with Gasteiger partial charge in [-0.15, -0.1) is 0 Å². The minimum Gasteiger partial charge on any atom is -0.396 e. The maximum Gasteiger partial charge on any atom is 0.149 e. The van der Waals surface area contributed by atoms with E-state index in [4.69, 9.17) is 5.73 Å². The summed E-state index contributed by atoms with van der Waals surface area (Å²) in [4.78, 5) is 4.31. The number of nitrogens with zero attached hydrogens (tertiary/aromatic N) is 1. The SMILES string of the molecule is Cc1ccc(N)c(NCC(C)C)n1. The van der Waals surface area contributed by atoms with Crippen LogP contribution in [0.4, 0.5) is 11.5 Å². The molecule has 3 N–H and O–H groups in total. The van der Waals surface area contributed by atoms with Crippen molar-refractivity contribution < 1.29 is 0 Å². The first-order valence-electron chi connectivity index (χ1n) is 4.56. The first kappa shape index (κ1) is 9.84. The van der Waals surface area contributed by atoms with Gasteiger partial charge in [-0.2, -0.15) is 0 Å². The Labute approximate surface area is 79.4 Å². The summed E-state index contributed by atoms with van der Waals surface area (Å²) in [6.45, 7) is 7.17. The lowest BCUT2D eigenvalue weighted by molar-refractivity contribution is 0.687. The first-order chi connectivity index (χ1) is 6.09. The second-order valence-electron chi connectivity index (χ2n) is 3.67. The van der Waals surface area contributed by atoms with Crippen molar-refractivity contribution in [3.05, 3.63) is 17.8 Å². The molecule has 72 valence electrons. The van der Waals surface area contributed by atoms with Gasteiger partial charge in [0.15, 0.2) is 0 Å². The van der Waals surface area contributed by atoms with E-state index in [-0.39, 0.29) is 0 Å². The second-order valence-corrected chi connectivity index (χ2v) is 3.67. The van der Waals surface area contributed by atoms with Gasteiger partial charge in [0.1, 0.15) is 5.82 Å². The number of anilines is 2. The molecule has 0 spiro atoms. The molecule has 0 saturated heterocycles. The summed E-state index contributed by atoms with van der Waals surface area (Å²) < 4.78 is 0. The third-order valence-corrected chi connectivity index (χ3v) is 1.74. The standard InChI is InChI=1S/C10H17N3/c1-7(2)6-12-10-9(11)5-4-8(3)13-10/h4-5,7H,6,11H2,1-3H3,(H,12,13). The number of nitrogen functional groups attached to an aromatic ring is 1. The third-order valence-electron chi connectivity index (χ3n) is 1.74. The predicted octanol–water partition coefficient (Wildman–Crippen LogP) is 2.04. The monoisotopic (exact) mass is 179 g/mol. The van der Waals surface area contributed by atoms with E-state index in [2.05, 4.69) is 24.1 Å². The van der Waals surface area contributed by atoms with Crippen LogP contribution in [-0.2, 0) is 0 Å². The smallest absolute Gasteiger partial charge is 0.149 e. The number of hydrogen-bond acceptors (Lipinski definition) is 3. The third kappa shape index (κ3) is 2.93. The number of nitrogens with two attached hydrogens (primary N) is 1. The van der Waals surface area contributed by atoms with Crippen molar-refractivity contribution in [2.45, 2.75) is 20.8 Å². The molecule has 0 amide bonds. The molecular formula is C10H17N3. The molecule has 13 heavy (non-hydrogen) atoms. The molecule has 0 aliphatic rings. The van der Waals surface area contributed by atoms with Gasteiger partial charge in [0.2, 0.25) is 0 Å². The Kier molecular flexibility index (Phi) is 3.12. The Bertz CT molecular complexity index is 281. The van der Waals surface area contributed by atoms with Crippen molar-refractivity contribution in [1.82, 2.24) is 4.98 Å². The molecule has 0 aromatic carbocycles. The summed E-state index contributed by atoms with van der Waals surface area (Å²) in [5.74, 6) is 1.40. The Morgan fingerprint density at radius 3 is 2.77 bits per heavy atom. The zero-order valence-electron chi connectivity index (χ0n) is 8.46. The van der Waals surface area contributed by atoms with Crippen LogP contribution < -0.4 is 11.1 Å². The normalized spacial score (nSPS) is 10.5. The molecule has 0 saturated carbocycles. The molecule has 0 aliphatic heterocycles. The second kappa shape index (κ2) is 4.12.